The summed E-state index contributed by atoms with van der Waals surface area (Å²) in [6.45, 7) is 14.8. The lowest BCUT2D eigenvalue weighted by Gasteiger charge is -2.34. The lowest BCUT2D eigenvalue weighted by atomic mass is 9.71. The molecule has 0 N–H and O–H groups in total. The summed E-state index contributed by atoms with van der Waals surface area (Å²) >= 11 is 0. The molecule has 5 atom stereocenters. The van der Waals surface area contributed by atoms with Gasteiger partial charge in [0.25, 0.3) is 0 Å². The van der Waals surface area contributed by atoms with Crippen molar-refractivity contribution in [2.24, 2.45) is 40.9 Å². The summed E-state index contributed by atoms with van der Waals surface area (Å²) in [5, 5.41) is 0. The van der Waals surface area contributed by atoms with Crippen LogP contribution >= 0.6 is 0 Å². The maximum atomic E-state index is 2.54. The monoisotopic (exact) mass is 278 g/mol. The van der Waals surface area contributed by atoms with Gasteiger partial charge in [0, 0.05) is 0 Å². The molecule has 2 fully saturated rings. The predicted octanol–water partition coefficient (Wildman–Crippen LogP) is 6.55. The quantitative estimate of drug-likeness (QED) is 0.472. The third-order valence-corrected chi connectivity index (χ3v) is 7.02. The normalized spacial score (nSPS) is 31.5. The third kappa shape index (κ3) is 4.01. The van der Waals surface area contributed by atoms with E-state index in [4.69, 9.17) is 0 Å². The van der Waals surface area contributed by atoms with E-state index in [2.05, 4.69) is 41.5 Å². The molecule has 0 spiro atoms. The molecule has 20 heavy (non-hydrogen) atoms. The Kier molecular flexibility index (Phi) is 5.24. The molecule has 0 aromatic rings. The van der Waals surface area contributed by atoms with Crippen molar-refractivity contribution in [1.82, 2.24) is 0 Å². The van der Waals surface area contributed by atoms with Gasteiger partial charge >= 0.3 is 0 Å². The van der Waals surface area contributed by atoms with E-state index in [-0.39, 0.29) is 0 Å². The molecule has 0 aromatic heterocycles. The minimum Gasteiger partial charge on any atom is -0.0649 e. The van der Waals surface area contributed by atoms with Gasteiger partial charge in [-0.2, -0.15) is 0 Å². The number of hydrogen-bond donors (Lipinski definition) is 0. The predicted molar refractivity (Wildman–Crippen MR) is 89.7 cm³/mol. The first-order valence-electron chi connectivity index (χ1n) is 9.34. The Balaban J connectivity index is 1.73. The molecule has 2 aliphatic carbocycles. The van der Waals surface area contributed by atoms with Gasteiger partial charge in [-0.05, 0) is 60.2 Å². The summed E-state index contributed by atoms with van der Waals surface area (Å²) in [5.74, 6) is 6.02. The van der Waals surface area contributed by atoms with Crippen LogP contribution in [-0.2, 0) is 0 Å². The van der Waals surface area contributed by atoms with E-state index < -0.39 is 0 Å². The molecule has 0 amide bonds. The molecule has 0 aliphatic heterocycles. The van der Waals surface area contributed by atoms with Gasteiger partial charge in [0.2, 0.25) is 0 Å². The Morgan fingerprint density at radius 2 is 1.75 bits per heavy atom. The van der Waals surface area contributed by atoms with E-state index in [1.165, 1.54) is 44.9 Å². The molecule has 2 rings (SSSR count). The average molecular weight is 279 g/mol. The number of hydrogen-bond acceptors (Lipinski definition) is 0. The average Bonchev–Trinajstić information content (AvgIpc) is 3.03. The van der Waals surface area contributed by atoms with Crippen molar-refractivity contribution in [2.45, 2.75) is 86.5 Å². The second kappa shape index (κ2) is 6.41. The largest absolute Gasteiger partial charge is 0.0649 e. The van der Waals surface area contributed by atoms with Gasteiger partial charge in [-0.3, -0.25) is 0 Å². The zero-order valence-corrected chi connectivity index (χ0v) is 14.9. The molecular weight excluding hydrogens is 240 g/mol. The first-order chi connectivity index (χ1) is 9.34. The highest BCUT2D eigenvalue weighted by Gasteiger charge is 2.44. The van der Waals surface area contributed by atoms with Crippen LogP contribution in [0.15, 0.2) is 0 Å². The maximum Gasteiger partial charge on any atom is -0.0354 e. The zero-order valence-electron chi connectivity index (χ0n) is 14.9. The summed E-state index contributed by atoms with van der Waals surface area (Å²) in [4.78, 5) is 0. The zero-order chi connectivity index (χ0) is 14.9. The van der Waals surface area contributed by atoms with Crippen LogP contribution in [0.4, 0.5) is 0 Å². The molecular formula is C20H38. The molecule has 118 valence electrons. The SMILES string of the molecule is CCC(C)(C)CC1CC1C(C)C(C)CC(C)C1CCC1. The van der Waals surface area contributed by atoms with E-state index in [1.54, 1.807) is 0 Å². The molecule has 2 saturated carbocycles. The minimum absolute atomic E-state index is 0.571. The van der Waals surface area contributed by atoms with Crippen molar-refractivity contribution in [3.8, 4) is 0 Å². The summed E-state index contributed by atoms with van der Waals surface area (Å²) in [5.41, 5.74) is 0.571. The number of rotatable bonds is 8. The Morgan fingerprint density at radius 3 is 2.25 bits per heavy atom. The van der Waals surface area contributed by atoms with Crippen LogP contribution < -0.4 is 0 Å². The lowest BCUT2D eigenvalue weighted by molar-refractivity contribution is 0.167. The van der Waals surface area contributed by atoms with Gasteiger partial charge < -0.3 is 0 Å². The van der Waals surface area contributed by atoms with Gasteiger partial charge in [0.1, 0.15) is 0 Å². The third-order valence-electron chi connectivity index (χ3n) is 7.02. The standard InChI is InChI=1S/C20H38/c1-7-20(5,6)13-18-12-19(18)16(4)14(2)11-15(3)17-9-8-10-17/h14-19H,7-13H2,1-6H3. The molecule has 2 aliphatic rings. The van der Waals surface area contributed by atoms with Crippen LogP contribution in [0.1, 0.15) is 86.5 Å². The summed E-state index contributed by atoms with van der Waals surface area (Å²) in [6.07, 6.45) is 10.3. The molecule has 5 unspecified atom stereocenters. The fourth-order valence-electron chi connectivity index (χ4n) is 4.43. The van der Waals surface area contributed by atoms with E-state index in [1.807, 2.05) is 0 Å². The fraction of sp³-hybridized carbons (Fsp3) is 1.00. The molecule has 0 radical (unpaired) electrons. The Labute approximate surface area is 128 Å². The van der Waals surface area contributed by atoms with Crippen molar-refractivity contribution < 1.29 is 0 Å². The van der Waals surface area contributed by atoms with Crippen LogP contribution in [0.2, 0.25) is 0 Å². The van der Waals surface area contributed by atoms with Gasteiger partial charge in [0.05, 0.1) is 0 Å². The second-order valence-corrected chi connectivity index (χ2v) is 9.12. The Bertz CT molecular complexity index is 299. The van der Waals surface area contributed by atoms with Crippen molar-refractivity contribution in [2.75, 3.05) is 0 Å². The second-order valence-electron chi connectivity index (χ2n) is 9.12. The molecule has 0 heterocycles. The lowest BCUT2D eigenvalue weighted by Crippen LogP contribution is -2.24. The van der Waals surface area contributed by atoms with Gasteiger partial charge in [-0.1, -0.05) is 67.2 Å². The van der Waals surface area contributed by atoms with Crippen molar-refractivity contribution in [3.63, 3.8) is 0 Å². The van der Waals surface area contributed by atoms with Crippen LogP contribution in [0, 0.1) is 40.9 Å². The van der Waals surface area contributed by atoms with Crippen LogP contribution in [0.5, 0.6) is 0 Å². The summed E-state index contributed by atoms with van der Waals surface area (Å²) in [7, 11) is 0. The van der Waals surface area contributed by atoms with Crippen LogP contribution in [0.25, 0.3) is 0 Å². The summed E-state index contributed by atoms with van der Waals surface area (Å²) in [6, 6.07) is 0. The van der Waals surface area contributed by atoms with Crippen molar-refractivity contribution in [1.29, 1.82) is 0 Å². The van der Waals surface area contributed by atoms with E-state index in [0.717, 1.165) is 35.5 Å². The molecule has 0 heteroatoms. The highest BCUT2D eigenvalue weighted by molar-refractivity contribution is 4.94. The van der Waals surface area contributed by atoms with E-state index >= 15 is 0 Å². The van der Waals surface area contributed by atoms with Gasteiger partial charge in [-0.25, -0.2) is 0 Å². The Morgan fingerprint density at radius 1 is 1.10 bits per heavy atom. The molecule has 0 saturated heterocycles. The molecule has 0 bridgehead atoms. The van der Waals surface area contributed by atoms with Crippen molar-refractivity contribution >= 4 is 0 Å². The molecule has 0 aromatic carbocycles. The van der Waals surface area contributed by atoms with Gasteiger partial charge in [0.15, 0.2) is 0 Å². The van der Waals surface area contributed by atoms with Crippen LogP contribution in [0.3, 0.4) is 0 Å². The fourth-order valence-corrected chi connectivity index (χ4v) is 4.43. The van der Waals surface area contributed by atoms with Crippen LogP contribution in [-0.4, -0.2) is 0 Å². The van der Waals surface area contributed by atoms with E-state index in [9.17, 15) is 0 Å². The smallest absolute Gasteiger partial charge is 0.0354 e. The Hall–Kier alpha value is 0. The topological polar surface area (TPSA) is 0 Å². The summed E-state index contributed by atoms with van der Waals surface area (Å²) < 4.78 is 0. The van der Waals surface area contributed by atoms with Gasteiger partial charge in [-0.15, -0.1) is 0 Å². The van der Waals surface area contributed by atoms with E-state index in [0.29, 0.717) is 5.41 Å². The highest BCUT2D eigenvalue weighted by atomic mass is 14.5. The first-order valence-corrected chi connectivity index (χ1v) is 9.34. The first kappa shape index (κ1) is 16.4. The minimum atomic E-state index is 0.571. The molecule has 0 nitrogen and oxygen atoms in total. The van der Waals surface area contributed by atoms with Crippen molar-refractivity contribution in [3.05, 3.63) is 0 Å². The highest BCUT2D eigenvalue weighted by Crippen LogP contribution is 2.53. The maximum absolute atomic E-state index is 2.54.